The van der Waals surface area contributed by atoms with Crippen molar-refractivity contribution in [1.82, 2.24) is 4.72 Å². The van der Waals surface area contributed by atoms with Crippen LogP contribution in [0.3, 0.4) is 0 Å². The fourth-order valence-electron chi connectivity index (χ4n) is 3.89. The first-order valence-corrected chi connectivity index (χ1v) is 10.7. The normalized spacial score (nSPS) is 21.2. The summed E-state index contributed by atoms with van der Waals surface area (Å²) in [5, 5.41) is 0. The fraction of sp³-hybridized carbons (Fsp3) is 0.611. The average molecular weight is 363 g/mol. The van der Waals surface area contributed by atoms with Crippen LogP contribution in [0.1, 0.15) is 50.5 Å². The lowest BCUT2D eigenvalue weighted by molar-refractivity contribution is -0.119. The van der Waals surface area contributed by atoms with Gasteiger partial charge in [0.15, 0.2) is 0 Å². The minimum absolute atomic E-state index is 0.0433. The summed E-state index contributed by atoms with van der Waals surface area (Å²) < 4.78 is 30.0. The highest BCUT2D eigenvalue weighted by atomic mass is 32.2. The second-order valence-corrected chi connectivity index (χ2v) is 8.86. The molecule has 1 aliphatic heterocycles. The standard InChI is InChI=1S/C18H25N3O3S/c22-18(13-7-8-13)21-11-3-4-14-12-16(9-10-17(14)21)20-25(23,24)19-15-5-1-2-6-15/h9-10,12-13,15,19-20H,1-8,11H2. The Morgan fingerprint density at radius 3 is 2.56 bits per heavy atom. The number of hydrogen-bond acceptors (Lipinski definition) is 3. The second-order valence-electron chi connectivity index (χ2n) is 7.42. The van der Waals surface area contributed by atoms with E-state index in [1.54, 1.807) is 6.07 Å². The Labute approximate surface area is 149 Å². The van der Waals surface area contributed by atoms with Crippen molar-refractivity contribution in [3.05, 3.63) is 23.8 Å². The van der Waals surface area contributed by atoms with Crippen molar-refractivity contribution in [2.75, 3.05) is 16.2 Å². The summed E-state index contributed by atoms with van der Waals surface area (Å²) in [5.41, 5.74) is 2.54. The van der Waals surface area contributed by atoms with Gasteiger partial charge in [-0.15, -0.1) is 0 Å². The van der Waals surface area contributed by atoms with Gasteiger partial charge in [-0.3, -0.25) is 9.52 Å². The molecule has 0 aromatic heterocycles. The summed E-state index contributed by atoms with van der Waals surface area (Å²) in [4.78, 5) is 14.3. The first-order valence-electron chi connectivity index (χ1n) is 9.26. The van der Waals surface area contributed by atoms with Crippen molar-refractivity contribution in [1.29, 1.82) is 0 Å². The number of nitrogens with zero attached hydrogens (tertiary/aromatic N) is 1. The maximum atomic E-state index is 12.4. The molecule has 0 spiro atoms. The van der Waals surface area contributed by atoms with Crippen LogP contribution < -0.4 is 14.3 Å². The fourth-order valence-corrected chi connectivity index (χ4v) is 5.06. The molecule has 0 unspecified atom stereocenters. The van der Waals surface area contributed by atoms with Crippen molar-refractivity contribution in [2.45, 2.75) is 57.4 Å². The summed E-state index contributed by atoms with van der Waals surface area (Å²) in [5.74, 6) is 0.414. The van der Waals surface area contributed by atoms with Gasteiger partial charge in [0, 0.05) is 24.2 Å². The third kappa shape index (κ3) is 3.82. The van der Waals surface area contributed by atoms with Crippen molar-refractivity contribution < 1.29 is 13.2 Å². The number of nitrogens with one attached hydrogen (secondary N) is 2. The zero-order valence-electron chi connectivity index (χ0n) is 14.3. The molecule has 1 aromatic carbocycles. The zero-order valence-corrected chi connectivity index (χ0v) is 15.1. The van der Waals surface area contributed by atoms with Crippen LogP contribution in [0.4, 0.5) is 11.4 Å². The van der Waals surface area contributed by atoms with Gasteiger partial charge in [-0.1, -0.05) is 12.8 Å². The van der Waals surface area contributed by atoms with Gasteiger partial charge in [0.2, 0.25) is 5.91 Å². The molecule has 1 heterocycles. The van der Waals surface area contributed by atoms with Gasteiger partial charge in [-0.2, -0.15) is 13.1 Å². The SMILES string of the molecule is O=C(C1CC1)N1CCCc2cc(NS(=O)(=O)NC3CCCC3)ccc21. The smallest absolute Gasteiger partial charge is 0.299 e. The molecule has 7 heteroatoms. The monoisotopic (exact) mass is 363 g/mol. The average Bonchev–Trinajstić information content (AvgIpc) is 3.31. The second kappa shape index (κ2) is 6.61. The third-order valence-electron chi connectivity index (χ3n) is 5.32. The van der Waals surface area contributed by atoms with Crippen LogP contribution in [-0.4, -0.2) is 26.9 Å². The maximum absolute atomic E-state index is 12.4. The topological polar surface area (TPSA) is 78.5 Å². The molecule has 2 N–H and O–H groups in total. The van der Waals surface area contributed by atoms with Crippen LogP contribution >= 0.6 is 0 Å². The number of amides is 1. The number of benzene rings is 1. The van der Waals surface area contributed by atoms with Crippen LogP contribution in [-0.2, 0) is 21.4 Å². The number of rotatable bonds is 5. The highest BCUT2D eigenvalue weighted by Gasteiger charge is 2.35. The van der Waals surface area contributed by atoms with Gasteiger partial charge in [0.1, 0.15) is 0 Å². The van der Waals surface area contributed by atoms with E-state index in [0.29, 0.717) is 5.69 Å². The van der Waals surface area contributed by atoms with E-state index in [0.717, 1.165) is 69.2 Å². The molecule has 2 fully saturated rings. The van der Waals surface area contributed by atoms with Crippen LogP contribution in [0.25, 0.3) is 0 Å². The molecule has 0 atom stereocenters. The number of aryl methyl sites for hydroxylation is 1. The van der Waals surface area contributed by atoms with Crippen LogP contribution in [0.5, 0.6) is 0 Å². The molecule has 4 rings (SSSR count). The summed E-state index contributed by atoms with van der Waals surface area (Å²) in [6, 6.07) is 5.55. The van der Waals surface area contributed by atoms with Gasteiger partial charge in [0.25, 0.3) is 10.2 Å². The minimum atomic E-state index is -3.56. The summed E-state index contributed by atoms with van der Waals surface area (Å²) >= 11 is 0. The van der Waals surface area contributed by atoms with E-state index in [9.17, 15) is 13.2 Å². The molecule has 2 saturated carbocycles. The Morgan fingerprint density at radius 1 is 1.08 bits per heavy atom. The van der Waals surface area contributed by atoms with E-state index < -0.39 is 10.2 Å². The Bertz CT molecular complexity index is 768. The minimum Gasteiger partial charge on any atom is -0.312 e. The first kappa shape index (κ1) is 16.8. The molecule has 136 valence electrons. The third-order valence-corrected chi connectivity index (χ3v) is 6.47. The Kier molecular flexibility index (Phi) is 4.45. The molecule has 2 aliphatic carbocycles. The summed E-state index contributed by atoms with van der Waals surface area (Å²) in [6.07, 6.45) is 7.75. The van der Waals surface area contributed by atoms with E-state index in [1.165, 1.54) is 0 Å². The van der Waals surface area contributed by atoms with E-state index in [1.807, 2.05) is 17.0 Å². The number of carbonyl (C=O) groups is 1. The lowest BCUT2D eigenvalue weighted by Crippen LogP contribution is -2.37. The Morgan fingerprint density at radius 2 is 1.84 bits per heavy atom. The van der Waals surface area contributed by atoms with E-state index >= 15 is 0 Å². The molecule has 1 aromatic rings. The number of anilines is 2. The maximum Gasteiger partial charge on any atom is 0.299 e. The molecular weight excluding hydrogens is 338 g/mol. The van der Waals surface area contributed by atoms with Gasteiger partial charge in [-0.25, -0.2) is 0 Å². The molecule has 6 nitrogen and oxygen atoms in total. The van der Waals surface area contributed by atoms with E-state index in [-0.39, 0.29) is 17.9 Å². The predicted octanol–water partition coefficient (Wildman–Crippen LogP) is 2.56. The molecular formula is C18H25N3O3S. The number of carbonyl (C=O) groups excluding carboxylic acids is 1. The zero-order chi connectivity index (χ0) is 17.4. The van der Waals surface area contributed by atoms with Gasteiger partial charge < -0.3 is 4.90 Å². The van der Waals surface area contributed by atoms with E-state index in [4.69, 9.17) is 0 Å². The summed E-state index contributed by atoms with van der Waals surface area (Å²) in [7, 11) is -3.56. The van der Waals surface area contributed by atoms with Crippen molar-refractivity contribution >= 4 is 27.5 Å². The molecule has 0 bridgehead atoms. The molecule has 25 heavy (non-hydrogen) atoms. The molecule has 0 radical (unpaired) electrons. The molecule has 0 saturated heterocycles. The molecule has 3 aliphatic rings. The summed E-state index contributed by atoms with van der Waals surface area (Å²) in [6.45, 7) is 0.761. The Balaban J connectivity index is 1.49. The van der Waals surface area contributed by atoms with Crippen LogP contribution in [0.2, 0.25) is 0 Å². The number of fused-ring (bicyclic) bond motifs is 1. The van der Waals surface area contributed by atoms with Crippen LogP contribution in [0.15, 0.2) is 18.2 Å². The van der Waals surface area contributed by atoms with Crippen LogP contribution in [0, 0.1) is 5.92 Å². The quantitative estimate of drug-likeness (QED) is 0.844. The van der Waals surface area contributed by atoms with Gasteiger partial charge in [0.05, 0.1) is 5.69 Å². The predicted molar refractivity (Wildman–Crippen MR) is 97.8 cm³/mol. The lowest BCUT2D eigenvalue weighted by Gasteiger charge is -2.30. The van der Waals surface area contributed by atoms with Crippen molar-refractivity contribution in [3.8, 4) is 0 Å². The van der Waals surface area contributed by atoms with Crippen molar-refractivity contribution in [2.24, 2.45) is 5.92 Å². The van der Waals surface area contributed by atoms with E-state index in [2.05, 4.69) is 9.44 Å². The Hall–Kier alpha value is -1.60. The lowest BCUT2D eigenvalue weighted by atomic mass is 10.0. The first-order chi connectivity index (χ1) is 12.0. The molecule has 1 amide bonds. The largest absolute Gasteiger partial charge is 0.312 e. The van der Waals surface area contributed by atoms with Crippen molar-refractivity contribution in [3.63, 3.8) is 0 Å². The number of hydrogen-bond donors (Lipinski definition) is 2. The van der Waals surface area contributed by atoms with Gasteiger partial charge >= 0.3 is 0 Å². The highest BCUT2D eigenvalue weighted by molar-refractivity contribution is 7.90. The highest BCUT2D eigenvalue weighted by Crippen LogP contribution is 2.36. The van der Waals surface area contributed by atoms with Gasteiger partial charge in [-0.05, 0) is 62.3 Å².